The topological polar surface area (TPSA) is 15.3 Å². The molecule has 0 aromatic heterocycles. The molecule has 2 rings (SSSR count). The van der Waals surface area contributed by atoms with Crippen molar-refractivity contribution in [3.63, 3.8) is 0 Å². The summed E-state index contributed by atoms with van der Waals surface area (Å²) in [6.45, 7) is 10.4. The molecule has 0 unspecified atom stereocenters. The van der Waals surface area contributed by atoms with E-state index in [1.54, 1.807) is 0 Å². The second-order valence-corrected chi connectivity index (χ2v) is 5.40. The molecule has 1 N–H and O–H groups in total. The zero-order chi connectivity index (χ0) is 15.1. The predicted molar refractivity (Wildman–Crippen MR) is 91.7 cm³/mol. The maximum absolute atomic E-state index is 3.43. The third kappa shape index (κ3) is 4.33. The van der Waals surface area contributed by atoms with Crippen molar-refractivity contribution < 1.29 is 0 Å². The Bertz CT molecular complexity index is 563. The van der Waals surface area contributed by atoms with Gasteiger partial charge in [-0.05, 0) is 49.2 Å². The minimum absolute atomic E-state index is 0.943. The summed E-state index contributed by atoms with van der Waals surface area (Å²) in [4.78, 5) is 2.43. The van der Waals surface area contributed by atoms with E-state index >= 15 is 0 Å². The molecule has 0 bridgehead atoms. The summed E-state index contributed by atoms with van der Waals surface area (Å²) in [6.07, 6.45) is 0. The monoisotopic (exact) mass is 282 g/mol. The van der Waals surface area contributed by atoms with Crippen LogP contribution in [0, 0.1) is 6.92 Å². The van der Waals surface area contributed by atoms with E-state index in [0.29, 0.717) is 0 Å². The Morgan fingerprint density at radius 1 is 0.952 bits per heavy atom. The van der Waals surface area contributed by atoms with E-state index in [4.69, 9.17) is 0 Å². The van der Waals surface area contributed by atoms with E-state index in [9.17, 15) is 0 Å². The number of nitrogens with zero attached hydrogens (tertiary/aromatic N) is 1. The van der Waals surface area contributed by atoms with Crippen LogP contribution in [0.15, 0.2) is 48.5 Å². The summed E-state index contributed by atoms with van der Waals surface area (Å²) in [6, 6.07) is 17.5. The number of nitrogens with one attached hydrogen (secondary N) is 1. The molecule has 0 radical (unpaired) electrons. The molecule has 2 aromatic carbocycles. The minimum Gasteiger partial charge on any atom is -0.367 e. The van der Waals surface area contributed by atoms with Gasteiger partial charge in [0.25, 0.3) is 0 Å². The molecule has 0 aliphatic carbocycles. The predicted octanol–water partition coefficient (Wildman–Crippen LogP) is 4.13. The second kappa shape index (κ2) is 7.84. The van der Waals surface area contributed by atoms with E-state index in [2.05, 4.69) is 79.5 Å². The molecule has 2 heteroatoms. The first kappa shape index (κ1) is 15.6. The average Bonchev–Trinajstić information content (AvgIpc) is 2.51. The molecular formula is C19H26N2. The van der Waals surface area contributed by atoms with Crippen LogP contribution in [0.3, 0.4) is 0 Å². The van der Waals surface area contributed by atoms with Gasteiger partial charge >= 0.3 is 0 Å². The van der Waals surface area contributed by atoms with E-state index in [1.165, 1.54) is 22.4 Å². The SMILES string of the molecule is CCNCc1ccccc1CN(CC)c1cccc(C)c1. The van der Waals surface area contributed by atoms with Crippen LogP contribution >= 0.6 is 0 Å². The van der Waals surface area contributed by atoms with Crippen LogP contribution in [0.2, 0.25) is 0 Å². The van der Waals surface area contributed by atoms with Gasteiger partial charge in [-0.2, -0.15) is 0 Å². The molecule has 0 atom stereocenters. The van der Waals surface area contributed by atoms with E-state index in [-0.39, 0.29) is 0 Å². The first-order chi connectivity index (χ1) is 10.2. The smallest absolute Gasteiger partial charge is 0.0432 e. The highest BCUT2D eigenvalue weighted by molar-refractivity contribution is 5.49. The molecule has 0 aliphatic heterocycles. The molecule has 0 spiro atoms. The van der Waals surface area contributed by atoms with Crippen molar-refractivity contribution in [3.05, 3.63) is 65.2 Å². The maximum Gasteiger partial charge on any atom is 0.0432 e. The molecular weight excluding hydrogens is 256 g/mol. The first-order valence-corrected chi connectivity index (χ1v) is 7.83. The largest absolute Gasteiger partial charge is 0.367 e. The van der Waals surface area contributed by atoms with Crippen molar-refractivity contribution in [2.45, 2.75) is 33.9 Å². The van der Waals surface area contributed by atoms with E-state index < -0.39 is 0 Å². The zero-order valence-corrected chi connectivity index (χ0v) is 13.4. The van der Waals surface area contributed by atoms with E-state index in [0.717, 1.165) is 26.2 Å². The van der Waals surface area contributed by atoms with Crippen molar-refractivity contribution in [2.75, 3.05) is 18.0 Å². The number of hydrogen-bond donors (Lipinski definition) is 1. The number of anilines is 1. The molecule has 0 aliphatic rings. The van der Waals surface area contributed by atoms with Crippen LogP contribution in [-0.2, 0) is 13.1 Å². The fraction of sp³-hybridized carbons (Fsp3) is 0.368. The van der Waals surface area contributed by atoms with Gasteiger partial charge in [0, 0.05) is 25.3 Å². The van der Waals surface area contributed by atoms with Crippen LogP contribution in [0.1, 0.15) is 30.5 Å². The summed E-state index contributed by atoms with van der Waals surface area (Å²) in [7, 11) is 0. The molecule has 2 aromatic rings. The Morgan fingerprint density at radius 3 is 2.38 bits per heavy atom. The van der Waals surface area contributed by atoms with Gasteiger partial charge in [0.05, 0.1) is 0 Å². The molecule has 0 saturated heterocycles. The summed E-state index contributed by atoms with van der Waals surface area (Å²) in [5.74, 6) is 0. The third-order valence-corrected chi connectivity index (χ3v) is 3.79. The third-order valence-electron chi connectivity index (χ3n) is 3.79. The van der Waals surface area contributed by atoms with Crippen LogP contribution in [0.25, 0.3) is 0 Å². The van der Waals surface area contributed by atoms with Gasteiger partial charge in [-0.15, -0.1) is 0 Å². The molecule has 0 amide bonds. The number of rotatable bonds is 7. The number of hydrogen-bond acceptors (Lipinski definition) is 2. The Balaban J connectivity index is 2.18. The van der Waals surface area contributed by atoms with Crippen molar-refractivity contribution in [3.8, 4) is 0 Å². The van der Waals surface area contributed by atoms with Crippen LogP contribution in [0.5, 0.6) is 0 Å². The molecule has 2 nitrogen and oxygen atoms in total. The summed E-state index contributed by atoms with van der Waals surface area (Å²) in [5, 5.41) is 3.43. The summed E-state index contributed by atoms with van der Waals surface area (Å²) < 4.78 is 0. The van der Waals surface area contributed by atoms with Crippen molar-refractivity contribution in [2.24, 2.45) is 0 Å². The second-order valence-electron chi connectivity index (χ2n) is 5.40. The normalized spacial score (nSPS) is 10.6. The van der Waals surface area contributed by atoms with Gasteiger partial charge in [-0.25, -0.2) is 0 Å². The highest BCUT2D eigenvalue weighted by Gasteiger charge is 2.08. The summed E-state index contributed by atoms with van der Waals surface area (Å²) in [5.41, 5.74) is 5.41. The van der Waals surface area contributed by atoms with Crippen LogP contribution in [0.4, 0.5) is 5.69 Å². The molecule has 0 saturated carbocycles. The van der Waals surface area contributed by atoms with Crippen LogP contribution in [-0.4, -0.2) is 13.1 Å². The molecule has 0 heterocycles. The maximum atomic E-state index is 3.43. The highest BCUT2D eigenvalue weighted by atomic mass is 15.1. The average molecular weight is 282 g/mol. The highest BCUT2D eigenvalue weighted by Crippen LogP contribution is 2.20. The zero-order valence-electron chi connectivity index (χ0n) is 13.4. The van der Waals surface area contributed by atoms with E-state index in [1.807, 2.05) is 0 Å². The van der Waals surface area contributed by atoms with Crippen molar-refractivity contribution in [1.29, 1.82) is 0 Å². The lowest BCUT2D eigenvalue weighted by Crippen LogP contribution is -2.23. The Hall–Kier alpha value is -1.80. The molecule has 0 fully saturated rings. The van der Waals surface area contributed by atoms with Gasteiger partial charge < -0.3 is 10.2 Å². The fourth-order valence-corrected chi connectivity index (χ4v) is 2.56. The quantitative estimate of drug-likeness (QED) is 0.821. The Morgan fingerprint density at radius 2 is 1.71 bits per heavy atom. The summed E-state index contributed by atoms with van der Waals surface area (Å²) >= 11 is 0. The van der Waals surface area contributed by atoms with Crippen molar-refractivity contribution in [1.82, 2.24) is 5.32 Å². The van der Waals surface area contributed by atoms with Gasteiger partial charge in [0.2, 0.25) is 0 Å². The van der Waals surface area contributed by atoms with Crippen molar-refractivity contribution >= 4 is 5.69 Å². The Labute approximate surface area is 128 Å². The van der Waals surface area contributed by atoms with Gasteiger partial charge in [0.15, 0.2) is 0 Å². The molecule has 112 valence electrons. The first-order valence-electron chi connectivity index (χ1n) is 7.83. The van der Waals surface area contributed by atoms with Gasteiger partial charge in [-0.3, -0.25) is 0 Å². The fourth-order valence-electron chi connectivity index (χ4n) is 2.56. The Kier molecular flexibility index (Phi) is 5.82. The number of aryl methyl sites for hydroxylation is 1. The lowest BCUT2D eigenvalue weighted by molar-refractivity contribution is 0.714. The number of benzene rings is 2. The van der Waals surface area contributed by atoms with Crippen LogP contribution < -0.4 is 10.2 Å². The lowest BCUT2D eigenvalue weighted by atomic mass is 10.1. The lowest BCUT2D eigenvalue weighted by Gasteiger charge is -2.25. The van der Waals surface area contributed by atoms with Gasteiger partial charge in [-0.1, -0.05) is 43.3 Å². The minimum atomic E-state index is 0.943. The van der Waals surface area contributed by atoms with Gasteiger partial charge in [0.1, 0.15) is 0 Å². The standard InChI is InChI=1S/C19H26N2/c1-4-20-14-17-10-6-7-11-18(17)15-21(5-2)19-12-8-9-16(3)13-19/h6-13,20H,4-5,14-15H2,1-3H3. The molecule has 21 heavy (non-hydrogen) atoms.